The van der Waals surface area contributed by atoms with Crippen molar-refractivity contribution in [3.63, 3.8) is 0 Å². The minimum atomic E-state index is 0. The van der Waals surface area contributed by atoms with Crippen LogP contribution in [0, 0.1) is 0 Å². The van der Waals surface area contributed by atoms with Gasteiger partial charge in [-0.05, 0) is 36.4 Å². The van der Waals surface area contributed by atoms with Gasteiger partial charge >= 0.3 is 0 Å². The molecular formula is C26H23ClN4. The Morgan fingerprint density at radius 2 is 1.29 bits per heavy atom. The number of hydrogen-bond donors (Lipinski definition) is 1. The first-order valence-corrected chi connectivity index (χ1v) is 10.0. The molecule has 0 atom stereocenters. The highest BCUT2D eigenvalue weighted by molar-refractivity contribution is 5.86. The van der Waals surface area contributed by atoms with Gasteiger partial charge in [-0.2, -0.15) is 0 Å². The van der Waals surface area contributed by atoms with E-state index in [0.29, 0.717) is 0 Å². The number of halogens is 1. The van der Waals surface area contributed by atoms with Crippen LogP contribution < -0.4 is 27.2 Å². The lowest BCUT2D eigenvalue weighted by molar-refractivity contribution is -0.538. The lowest BCUT2D eigenvalue weighted by Crippen LogP contribution is -3.00. The number of fused-ring (bicyclic) bond motifs is 2. The van der Waals surface area contributed by atoms with Crippen LogP contribution in [0.1, 0.15) is 0 Å². The monoisotopic (exact) mass is 426 g/mol. The fourth-order valence-corrected chi connectivity index (χ4v) is 3.74. The van der Waals surface area contributed by atoms with Crippen LogP contribution in [0.3, 0.4) is 0 Å². The van der Waals surface area contributed by atoms with Crippen molar-refractivity contribution in [2.45, 2.75) is 0 Å². The Morgan fingerprint density at radius 1 is 0.677 bits per heavy atom. The predicted octanol–water partition coefficient (Wildman–Crippen LogP) is 2.48. The molecule has 0 fully saturated rings. The van der Waals surface area contributed by atoms with Crippen LogP contribution in [-0.4, -0.2) is 19.1 Å². The fraction of sp³-hybridized carbons (Fsp3) is 0.0769. The second kappa shape index (κ2) is 8.62. The SMILES string of the molecule is CN(C)c1ccc2nc3ccc(Nc4ccccc4)cc3[n+](-c3ccccc3)c2c1.[Cl-]. The maximum Gasteiger partial charge on any atom is 0.239 e. The van der Waals surface area contributed by atoms with Gasteiger partial charge in [0.1, 0.15) is 11.0 Å². The first-order valence-electron chi connectivity index (χ1n) is 10.0. The van der Waals surface area contributed by atoms with Crippen LogP contribution in [0.2, 0.25) is 0 Å². The number of nitrogens with one attached hydrogen (secondary N) is 1. The van der Waals surface area contributed by atoms with E-state index in [4.69, 9.17) is 4.98 Å². The summed E-state index contributed by atoms with van der Waals surface area (Å²) in [6.07, 6.45) is 0. The van der Waals surface area contributed by atoms with E-state index in [1.807, 2.05) is 24.3 Å². The maximum absolute atomic E-state index is 4.95. The fourth-order valence-electron chi connectivity index (χ4n) is 3.74. The molecule has 0 aliphatic heterocycles. The molecule has 154 valence electrons. The van der Waals surface area contributed by atoms with Gasteiger partial charge in [-0.15, -0.1) is 4.57 Å². The molecule has 4 nitrogen and oxygen atoms in total. The van der Waals surface area contributed by atoms with Gasteiger partial charge in [-0.1, -0.05) is 36.4 Å². The Morgan fingerprint density at radius 3 is 1.97 bits per heavy atom. The lowest BCUT2D eigenvalue weighted by Gasteiger charge is -2.13. The zero-order valence-corrected chi connectivity index (χ0v) is 18.2. The van der Waals surface area contributed by atoms with Crippen molar-refractivity contribution >= 4 is 39.1 Å². The molecule has 5 rings (SSSR count). The highest BCUT2D eigenvalue weighted by atomic mass is 35.5. The number of rotatable bonds is 4. The second-order valence-corrected chi connectivity index (χ2v) is 7.54. The third-order valence-corrected chi connectivity index (χ3v) is 5.25. The van der Waals surface area contributed by atoms with E-state index in [-0.39, 0.29) is 12.4 Å². The molecule has 0 unspecified atom stereocenters. The first kappa shape index (κ1) is 20.6. The van der Waals surface area contributed by atoms with Crippen molar-refractivity contribution in [1.82, 2.24) is 4.98 Å². The molecule has 0 spiro atoms. The van der Waals surface area contributed by atoms with Crippen LogP contribution in [0.25, 0.3) is 27.8 Å². The van der Waals surface area contributed by atoms with E-state index in [9.17, 15) is 0 Å². The van der Waals surface area contributed by atoms with Crippen LogP contribution in [0.5, 0.6) is 0 Å². The maximum atomic E-state index is 4.95. The summed E-state index contributed by atoms with van der Waals surface area (Å²) >= 11 is 0. The van der Waals surface area contributed by atoms with Crippen molar-refractivity contribution in [2.75, 3.05) is 24.3 Å². The topological polar surface area (TPSA) is 32.0 Å². The summed E-state index contributed by atoms with van der Waals surface area (Å²) in [6.45, 7) is 0. The second-order valence-electron chi connectivity index (χ2n) is 7.54. The molecule has 0 aliphatic carbocycles. The van der Waals surface area contributed by atoms with Crippen molar-refractivity contribution in [3.8, 4) is 5.69 Å². The molecule has 1 N–H and O–H groups in total. The van der Waals surface area contributed by atoms with Crippen molar-refractivity contribution in [1.29, 1.82) is 0 Å². The predicted molar refractivity (Wildman–Crippen MR) is 125 cm³/mol. The smallest absolute Gasteiger partial charge is 0.239 e. The highest BCUT2D eigenvalue weighted by Gasteiger charge is 2.20. The minimum Gasteiger partial charge on any atom is -1.00 e. The normalized spacial score (nSPS) is 10.6. The van der Waals surface area contributed by atoms with E-state index in [1.54, 1.807) is 0 Å². The third-order valence-electron chi connectivity index (χ3n) is 5.25. The summed E-state index contributed by atoms with van der Waals surface area (Å²) < 4.78 is 2.29. The number of nitrogens with zero attached hydrogens (tertiary/aromatic N) is 3. The molecule has 4 aromatic carbocycles. The van der Waals surface area contributed by atoms with Crippen LogP contribution in [0.15, 0.2) is 97.1 Å². The Kier molecular flexibility index (Phi) is 5.74. The summed E-state index contributed by atoms with van der Waals surface area (Å²) in [5.74, 6) is 0. The number of anilines is 3. The number of para-hydroxylation sites is 2. The van der Waals surface area contributed by atoms with Crippen LogP contribution >= 0.6 is 0 Å². The largest absolute Gasteiger partial charge is 1.00 e. The Balaban J connectivity index is 0.00000231. The highest BCUT2D eigenvalue weighted by Crippen LogP contribution is 2.25. The van der Waals surface area contributed by atoms with Crippen molar-refractivity contribution in [3.05, 3.63) is 97.1 Å². The molecule has 1 heterocycles. The van der Waals surface area contributed by atoms with Gasteiger partial charge in [0, 0.05) is 55.4 Å². The van der Waals surface area contributed by atoms with Crippen LogP contribution in [-0.2, 0) is 0 Å². The first-order chi connectivity index (χ1) is 14.7. The van der Waals surface area contributed by atoms with E-state index in [1.165, 1.54) is 0 Å². The molecular weight excluding hydrogens is 404 g/mol. The summed E-state index contributed by atoms with van der Waals surface area (Å²) in [5, 5.41) is 3.50. The van der Waals surface area contributed by atoms with Gasteiger partial charge in [0.05, 0.1) is 0 Å². The lowest BCUT2D eigenvalue weighted by atomic mass is 10.1. The molecule has 0 radical (unpaired) electrons. The number of benzene rings is 4. The summed E-state index contributed by atoms with van der Waals surface area (Å²) in [5.41, 5.74) is 8.43. The quantitative estimate of drug-likeness (QED) is 0.354. The summed E-state index contributed by atoms with van der Waals surface area (Å²) in [6, 6.07) is 33.4. The molecule has 0 amide bonds. The molecule has 0 saturated heterocycles. The van der Waals surface area contributed by atoms with E-state index in [2.05, 4.69) is 102 Å². The molecule has 5 aromatic rings. The van der Waals surface area contributed by atoms with E-state index >= 15 is 0 Å². The van der Waals surface area contributed by atoms with E-state index in [0.717, 1.165) is 44.8 Å². The number of aromatic nitrogens is 2. The summed E-state index contributed by atoms with van der Waals surface area (Å²) in [4.78, 5) is 7.06. The zero-order chi connectivity index (χ0) is 20.5. The molecule has 0 aliphatic rings. The summed E-state index contributed by atoms with van der Waals surface area (Å²) in [7, 11) is 4.12. The van der Waals surface area contributed by atoms with Crippen molar-refractivity contribution < 1.29 is 17.0 Å². The Labute approximate surface area is 188 Å². The van der Waals surface area contributed by atoms with Crippen molar-refractivity contribution in [2.24, 2.45) is 0 Å². The van der Waals surface area contributed by atoms with Gasteiger partial charge < -0.3 is 22.6 Å². The molecule has 0 saturated carbocycles. The van der Waals surface area contributed by atoms with Gasteiger partial charge in [0.15, 0.2) is 0 Å². The molecule has 31 heavy (non-hydrogen) atoms. The molecule has 5 heteroatoms. The average molecular weight is 427 g/mol. The minimum absolute atomic E-state index is 0. The number of hydrogen-bond acceptors (Lipinski definition) is 3. The van der Waals surface area contributed by atoms with Gasteiger partial charge in [-0.3, -0.25) is 0 Å². The van der Waals surface area contributed by atoms with Crippen LogP contribution in [0.4, 0.5) is 17.1 Å². The average Bonchev–Trinajstić information content (AvgIpc) is 2.78. The Bertz CT molecular complexity index is 1340. The van der Waals surface area contributed by atoms with Gasteiger partial charge in [-0.25, -0.2) is 4.98 Å². The van der Waals surface area contributed by atoms with Gasteiger partial charge in [0.2, 0.25) is 16.7 Å². The molecule has 0 bridgehead atoms. The molecule has 1 aromatic heterocycles. The Hall–Kier alpha value is -3.63. The third kappa shape index (κ3) is 4.03. The zero-order valence-electron chi connectivity index (χ0n) is 17.5. The van der Waals surface area contributed by atoms with E-state index < -0.39 is 0 Å². The van der Waals surface area contributed by atoms with Gasteiger partial charge in [0.25, 0.3) is 0 Å². The standard InChI is InChI=1S/C26H22N4.ClH/c1-29(2)22-14-16-24-26(18-22)30(21-11-7-4-8-12-21)25-17-20(13-15-23(25)28-24)27-19-9-5-3-6-10-19;/h3-18H,1-2H3;1H.